The highest BCUT2D eigenvalue weighted by Gasteiger charge is 2.60. The topological polar surface area (TPSA) is 186 Å². The molecule has 5 atom stereocenters. The molecule has 5 N–H and O–H groups in total. The van der Waals surface area contributed by atoms with Crippen molar-refractivity contribution in [3.05, 3.63) is 33.8 Å². The molecule has 2 fully saturated rings. The van der Waals surface area contributed by atoms with Crippen molar-refractivity contribution in [3.8, 4) is 0 Å². The van der Waals surface area contributed by atoms with E-state index in [1.165, 1.54) is 32.8 Å². The Balaban J connectivity index is 1.86. The minimum Gasteiger partial charge on any atom is -0.355 e. The Hall–Kier alpha value is -4.12. The molecule has 1 aromatic carbocycles. The highest BCUT2D eigenvalue weighted by atomic mass is 35.5. The smallest absolute Gasteiger partial charge is 0.355 e. The van der Waals surface area contributed by atoms with Crippen LogP contribution >= 0.6 is 23.2 Å². The number of nitrogens with zero attached hydrogens (tertiary/aromatic N) is 2. The van der Waals surface area contributed by atoms with Crippen LogP contribution in [0.1, 0.15) is 97.5 Å². The maximum Gasteiger partial charge on any atom is 0.403 e. The van der Waals surface area contributed by atoms with Gasteiger partial charge in [-0.3, -0.25) is 33.6 Å². The van der Waals surface area contributed by atoms with Gasteiger partial charge in [0.05, 0.1) is 6.54 Å². The van der Waals surface area contributed by atoms with Gasteiger partial charge in [0.25, 0.3) is 0 Å². The van der Waals surface area contributed by atoms with Gasteiger partial charge in [-0.1, -0.05) is 63.2 Å². The zero-order valence-electron chi connectivity index (χ0n) is 34.5. The lowest BCUT2D eigenvalue weighted by Crippen LogP contribution is -2.60. The predicted molar refractivity (Wildman–Crippen MR) is 216 cm³/mol. The van der Waals surface area contributed by atoms with Crippen LogP contribution in [0, 0.1) is 11.3 Å². The molecule has 14 nitrogen and oxygen atoms in total. The molecule has 2 aliphatic rings. The third-order valence-corrected chi connectivity index (χ3v) is 11.7. The van der Waals surface area contributed by atoms with Gasteiger partial charge < -0.3 is 36.4 Å². The second-order valence-corrected chi connectivity index (χ2v) is 16.8. The highest BCUT2D eigenvalue weighted by Crippen LogP contribution is 2.49. The maximum atomic E-state index is 14.2. The standard InChI is InChI=1S/C40H58Cl2F3N7O7/c1-7-28(50-38(59)39(40(43,44)45)16-10-8-11-17-39)33(54)48-24(4)36(57)51(5)30-13-9-12-18-46-32(53)22-47-34(55)31(21-25-20-26(41)14-15-27(25)42)52(6)37(58)29(19-23(2)3)49-35(30)56/h14-15,20,23-24,28-31H,7-13,16-19,21-22H2,1-6H3,(H,46,53)(H,47,55)(H,48,54)(H,49,56)(H,50,59)/t24-,28-,29-,30-,31-/m0/s1. The van der Waals surface area contributed by atoms with E-state index in [1.54, 1.807) is 18.2 Å². The largest absolute Gasteiger partial charge is 0.403 e. The Labute approximate surface area is 353 Å². The molecule has 330 valence electrons. The minimum absolute atomic E-state index is 0.0573. The van der Waals surface area contributed by atoms with E-state index in [2.05, 4.69) is 26.6 Å². The van der Waals surface area contributed by atoms with Gasteiger partial charge in [0.1, 0.15) is 35.6 Å². The summed E-state index contributed by atoms with van der Waals surface area (Å²) in [5.74, 6) is -5.44. The number of amides is 7. The van der Waals surface area contributed by atoms with Crippen LogP contribution in [0.5, 0.6) is 0 Å². The number of likely N-dealkylation sites (N-methyl/N-ethyl adjacent to an activating group) is 2. The summed E-state index contributed by atoms with van der Waals surface area (Å²) in [4.78, 5) is 97.4. The second-order valence-electron chi connectivity index (χ2n) is 15.9. The third kappa shape index (κ3) is 13.2. The summed E-state index contributed by atoms with van der Waals surface area (Å²) in [5.41, 5.74) is -2.15. The summed E-state index contributed by atoms with van der Waals surface area (Å²) < 4.78 is 42.6. The van der Waals surface area contributed by atoms with E-state index in [9.17, 15) is 46.7 Å². The van der Waals surface area contributed by atoms with Crippen LogP contribution < -0.4 is 26.6 Å². The zero-order chi connectivity index (χ0) is 44.2. The van der Waals surface area contributed by atoms with Crippen molar-refractivity contribution >= 4 is 64.6 Å². The Morgan fingerprint density at radius 2 is 1.63 bits per heavy atom. The molecule has 1 aliphatic carbocycles. The van der Waals surface area contributed by atoms with Gasteiger partial charge in [0.15, 0.2) is 0 Å². The van der Waals surface area contributed by atoms with E-state index in [4.69, 9.17) is 23.2 Å². The van der Waals surface area contributed by atoms with Crippen LogP contribution in [0.3, 0.4) is 0 Å². The van der Waals surface area contributed by atoms with Gasteiger partial charge >= 0.3 is 6.18 Å². The van der Waals surface area contributed by atoms with Crippen molar-refractivity contribution in [1.29, 1.82) is 0 Å². The first kappa shape index (κ1) is 49.2. The quantitative estimate of drug-likeness (QED) is 0.222. The first-order chi connectivity index (χ1) is 27.6. The van der Waals surface area contributed by atoms with E-state index < -0.39 is 83.2 Å². The van der Waals surface area contributed by atoms with Crippen LogP contribution in [0.15, 0.2) is 18.2 Å². The van der Waals surface area contributed by atoms with Gasteiger partial charge in [-0.15, -0.1) is 0 Å². The fraction of sp³-hybridized carbons (Fsp3) is 0.675. The summed E-state index contributed by atoms with van der Waals surface area (Å²) in [6.45, 7) is 6.36. The summed E-state index contributed by atoms with van der Waals surface area (Å²) in [6.07, 6.45) is -3.77. The van der Waals surface area contributed by atoms with Crippen LogP contribution in [0.2, 0.25) is 10.0 Å². The van der Waals surface area contributed by atoms with E-state index in [-0.39, 0.29) is 70.4 Å². The average molecular weight is 877 g/mol. The van der Waals surface area contributed by atoms with Crippen molar-refractivity contribution in [2.75, 3.05) is 27.2 Å². The zero-order valence-corrected chi connectivity index (χ0v) is 36.0. The molecule has 1 saturated carbocycles. The van der Waals surface area contributed by atoms with Crippen molar-refractivity contribution in [3.63, 3.8) is 0 Å². The molecule has 0 spiro atoms. The molecule has 1 heterocycles. The van der Waals surface area contributed by atoms with Gasteiger partial charge in [-0.25, -0.2) is 0 Å². The number of halogens is 5. The first-order valence-corrected chi connectivity index (χ1v) is 20.9. The number of hydrogen-bond donors (Lipinski definition) is 5. The molecule has 59 heavy (non-hydrogen) atoms. The lowest BCUT2D eigenvalue weighted by molar-refractivity contribution is -0.230. The molecular formula is C40H58Cl2F3N7O7. The number of nitrogens with one attached hydrogen (secondary N) is 5. The molecule has 1 saturated heterocycles. The van der Waals surface area contributed by atoms with Crippen LogP contribution in [0.4, 0.5) is 13.2 Å². The van der Waals surface area contributed by atoms with Crippen molar-refractivity contribution in [1.82, 2.24) is 36.4 Å². The lowest BCUT2D eigenvalue weighted by atomic mass is 9.72. The Morgan fingerprint density at radius 3 is 2.24 bits per heavy atom. The summed E-state index contributed by atoms with van der Waals surface area (Å²) in [7, 11) is 2.75. The van der Waals surface area contributed by atoms with Gasteiger partial charge in [0, 0.05) is 37.1 Å². The van der Waals surface area contributed by atoms with E-state index >= 15 is 0 Å². The summed E-state index contributed by atoms with van der Waals surface area (Å²) >= 11 is 12.6. The number of rotatable bonds is 11. The Morgan fingerprint density at radius 1 is 0.966 bits per heavy atom. The molecule has 0 bridgehead atoms. The fourth-order valence-corrected chi connectivity index (χ4v) is 7.88. The third-order valence-electron chi connectivity index (χ3n) is 11.1. The molecular weight excluding hydrogens is 818 g/mol. The van der Waals surface area contributed by atoms with Crippen molar-refractivity contribution in [2.24, 2.45) is 11.3 Å². The molecule has 19 heteroatoms. The van der Waals surface area contributed by atoms with Gasteiger partial charge in [0.2, 0.25) is 41.4 Å². The lowest BCUT2D eigenvalue weighted by Gasteiger charge is -2.38. The number of carbonyl (C=O) groups is 7. The van der Waals surface area contributed by atoms with Crippen molar-refractivity contribution < 1.29 is 46.7 Å². The average Bonchev–Trinajstić information content (AvgIpc) is 3.18. The number of alkyl halides is 3. The molecule has 0 aromatic heterocycles. The summed E-state index contributed by atoms with van der Waals surface area (Å²) in [5, 5.41) is 13.5. The van der Waals surface area contributed by atoms with Gasteiger partial charge in [-0.2, -0.15) is 13.2 Å². The first-order valence-electron chi connectivity index (χ1n) is 20.1. The SMILES string of the molecule is CC[C@H](NC(=O)C1(C(F)(F)F)CCCCC1)C(=O)N[C@@H](C)C(=O)N(C)[C@H]1CCCCNC(=O)CNC(=O)[C@H](Cc2cc(Cl)ccc2Cl)N(C)C(=O)[C@H](CC(C)C)NC1=O. The van der Waals surface area contributed by atoms with Gasteiger partial charge in [-0.05, 0) is 81.5 Å². The number of benzene rings is 1. The van der Waals surface area contributed by atoms with Crippen LogP contribution in [0.25, 0.3) is 0 Å². The Bertz CT molecular complexity index is 1690. The highest BCUT2D eigenvalue weighted by molar-refractivity contribution is 6.33. The van der Waals surface area contributed by atoms with E-state index in [0.29, 0.717) is 34.9 Å². The summed E-state index contributed by atoms with van der Waals surface area (Å²) in [6, 6.07) is -1.49. The van der Waals surface area contributed by atoms with Crippen molar-refractivity contribution in [2.45, 2.75) is 135 Å². The van der Waals surface area contributed by atoms with E-state index in [0.717, 1.165) is 4.90 Å². The number of carbonyl (C=O) groups excluding carboxylic acids is 7. The van der Waals surface area contributed by atoms with Crippen LogP contribution in [-0.4, -0.2) is 115 Å². The molecule has 0 unspecified atom stereocenters. The minimum atomic E-state index is -4.81. The second kappa shape index (κ2) is 21.9. The molecule has 0 radical (unpaired) electrons. The predicted octanol–water partition coefficient (Wildman–Crippen LogP) is 4.05. The molecule has 1 aliphatic heterocycles. The molecule has 1 aromatic rings. The van der Waals surface area contributed by atoms with Crippen LogP contribution in [-0.2, 0) is 40.0 Å². The number of hydrogen-bond acceptors (Lipinski definition) is 7. The molecule has 3 rings (SSSR count). The normalized spacial score (nSPS) is 22.4. The maximum absolute atomic E-state index is 14.2. The fourth-order valence-electron chi connectivity index (χ4n) is 7.49. The van der Waals surface area contributed by atoms with E-state index in [1.807, 2.05) is 13.8 Å². The Kier molecular flexibility index (Phi) is 18.3. The molecule has 7 amide bonds. The monoisotopic (exact) mass is 875 g/mol.